The number of hydrogen-bond acceptors (Lipinski definition) is 7. The Kier molecular flexibility index (Phi) is 10.8. The van der Waals surface area contributed by atoms with Crippen molar-refractivity contribution in [2.75, 3.05) is 32.2 Å². The highest BCUT2D eigenvalue weighted by molar-refractivity contribution is 5.99. The summed E-state index contributed by atoms with van der Waals surface area (Å²) in [4.78, 5) is 27.8. The summed E-state index contributed by atoms with van der Waals surface area (Å²) in [6.07, 6.45) is 0.695. The number of carbonyl (C=O) groups is 2. The number of ether oxygens (including phenoxy) is 3. The molecule has 9 nitrogen and oxygen atoms in total. The maximum atomic E-state index is 13.6. The molecule has 42 heavy (non-hydrogen) atoms. The van der Waals surface area contributed by atoms with Gasteiger partial charge in [0.15, 0.2) is 0 Å². The predicted octanol–water partition coefficient (Wildman–Crippen LogP) is 4.11. The van der Waals surface area contributed by atoms with Gasteiger partial charge in [0.05, 0.1) is 32.5 Å². The van der Waals surface area contributed by atoms with E-state index in [1.54, 1.807) is 43.4 Å². The van der Waals surface area contributed by atoms with Crippen LogP contribution in [-0.4, -0.2) is 62.5 Å². The summed E-state index contributed by atoms with van der Waals surface area (Å²) in [7, 11) is 3.20. The third-order valence-corrected chi connectivity index (χ3v) is 7.08. The Hall–Kier alpha value is -4.08. The van der Waals surface area contributed by atoms with Gasteiger partial charge in [-0.25, -0.2) is 0 Å². The van der Waals surface area contributed by atoms with Gasteiger partial charge in [-0.2, -0.15) is 0 Å². The van der Waals surface area contributed by atoms with Crippen LogP contribution in [0, 0.1) is 0 Å². The highest BCUT2D eigenvalue weighted by Crippen LogP contribution is 2.29. The normalized spacial score (nSPS) is 14.5. The van der Waals surface area contributed by atoms with E-state index in [1.807, 2.05) is 56.3 Å². The SMILES string of the molecule is COc1cc(CNCC(O)C(Cc2ccccc2)NC(=O)c2cc(OC(C)C)cc(N3CCCC3=O)c2)cc(OC)c1. The van der Waals surface area contributed by atoms with Crippen molar-refractivity contribution in [3.63, 3.8) is 0 Å². The molecule has 0 aromatic heterocycles. The van der Waals surface area contributed by atoms with Crippen LogP contribution in [0.25, 0.3) is 0 Å². The van der Waals surface area contributed by atoms with Gasteiger partial charge >= 0.3 is 0 Å². The van der Waals surface area contributed by atoms with Gasteiger partial charge in [0, 0.05) is 49.4 Å². The second-order valence-corrected chi connectivity index (χ2v) is 10.7. The molecule has 1 heterocycles. The molecule has 4 rings (SSSR count). The monoisotopic (exact) mass is 575 g/mol. The molecule has 2 amide bonds. The van der Waals surface area contributed by atoms with E-state index in [0.717, 1.165) is 17.5 Å². The number of anilines is 1. The summed E-state index contributed by atoms with van der Waals surface area (Å²) in [5.74, 6) is 1.55. The molecule has 2 unspecified atom stereocenters. The molecule has 1 aliphatic heterocycles. The van der Waals surface area contributed by atoms with Crippen LogP contribution in [0.3, 0.4) is 0 Å². The average Bonchev–Trinajstić information content (AvgIpc) is 3.42. The van der Waals surface area contributed by atoms with E-state index in [0.29, 0.717) is 54.4 Å². The molecule has 1 fully saturated rings. The van der Waals surface area contributed by atoms with Gasteiger partial charge in [0.25, 0.3) is 5.91 Å². The minimum absolute atomic E-state index is 0.0279. The Morgan fingerprint density at radius 1 is 0.952 bits per heavy atom. The quantitative estimate of drug-likeness (QED) is 0.266. The standard InChI is InChI=1S/C33H41N3O6/c1-22(2)42-29-17-25(16-26(18-29)36-12-8-11-32(36)38)33(39)35-30(15-23-9-6-5-7-10-23)31(37)21-34-20-24-13-27(40-3)19-28(14-24)41-4/h5-7,9-10,13-14,16-19,22,30-31,34,37H,8,11-12,15,20-21H2,1-4H3,(H,35,39). The number of aliphatic hydroxyl groups excluding tert-OH is 1. The third kappa shape index (κ3) is 8.47. The molecule has 2 atom stereocenters. The molecule has 1 saturated heterocycles. The van der Waals surface area contributed by atoms with Crippen molar-refractivity contribution in [3.05, 3.63) is 83.4 Å². The van der Waals surface area contributed by atoms with Crippen LogP contribution < -0.4 is 29.7 Å². The zero-order valence-corrected chi connectivity index (χ0v) is 24.8. The van der Waals surface area contributed by atoms with E-state index in [9.17, 15) is 14.7 Å². The maximum absolute atomic E-state index is 13.6. The van der Waals surface area contributed by atoms with E-state index < -0.39 is 12.1 Å². The van der Waals surface area contributed by atoms with Crippen LogP contribution in [0.15, 0.2) is 66.7 Å². The van der Waals surface area contributed by atoms with Crippen molar-refractivity contribution in [3.8, 4) is 17.2 Å². The van der Waals surface area contributed by atoms with E-state index in [-0.39, 0.29) is 24.5 Å². The maximum Gasteiger partial charge on any atom is 0.251 e. The van der Waals surface area contributed by atoms with Crippen molar-refractivity contribution in [2.24, 2.45) is 0 Å². The van der Waals surface area contributed by atoms with E-state index >= 15 is 0 Å². The molecule has 9 heteroatoms. The molecule has 224 valence electrons. The minimum Gasteiger partial charge on any atom is -0.497 e. The number of nitrogens with zero attached hydrogens (tertiary/aromatic N) is 1. The molecule has 0 radical (unpaired) electrons. The van der Waals surface area contributed by atoms with Crippen molar-refractivity contribution < 1.29 is 28.9 Å². The van der Waals surface area contributed by atoms with Gasteiger partial charge in [-0.05, 0) is 62.1 Å². The first kappa shape index (κ1) is 30.9. The first-order valence-electron chi connectivity index (χ1n) is 14.3. The largest absolute Gasteiger partial charge is 0.497 e. The van der Waals surface area contributed by atoms with Crippen LogP contribution in [0.1, 0.15) is 48.2 Å². The van der Waals surface area contributed by atoms with E-state index in [4.69, 9.17) is 14.2 Å². The summed E-state index contributed by atoms with van der Waals surface area (Å²) in [5, 5.41) is 17.6. The molecule has 3 aromatic carbocycles. The predicted molar refractivity (Wildman–Crippen MR) is 162 cm³/mol. The number of amides is 2. The molecule has 0 saturated carbocycles. The van der Waals surface area contributed by atoms with E-state index in [1.165, 1.54) is 0 Å². The van der Waals surface area contributed by atoms with E-state index in [2.05, 4.69) is 10.6 Å². The van der Waals surface area contributed by atoms with Crippen LogP contribution in [0.2, 0.25) is 0 Å². The number of nitrogens with one attached hydrogen (secondary N) is 2. The number of rotatable bonds is 14. The lowest BCUT2D eigenvalue weighted by Crippen LogP contribution is -2.48. The Labute approximate surface area is 247 Å². The zero-order chi connectivity index (χ0) is 30.1. The van der Waals surface area contributed by atoms with Crippen LogP contribution >= 0.6 is 0 Å². The van der Waals surface area contributed by atoms with Gasteiger partial charge < -0.3 is 34.9 Å². The van der Waals surface area contributed by atoms with Crippen LogP contribution in [0.5, 0.6) is 17.2 Å². The number of aliphatic hydroxyl groups is 1. The molecule has 3 aromatic rings. The minimum atomic E-state index is -0.892. The van der Waals surface area contributed by atoms with Crippen LogP contribution in [0.4, 0.5) is 5.69 Å². The van der Waals surface area contributed by atoms with Crippen molar-refractivity contribution in [1.82, 2.24) is 10.6 Å². The average molecular weight is 576 g/mol. The van der Waals surface area contributed by atoms with Gasteiger partial charge in [-0.15, -0.1) is 0 Å². The molecule has 0 aliphatic carbocycles. The number of benzene rings is 3. The number of hydrogen-bond donors (Lipinski definition) is 3. The molecular formula is C33H41N3O6. The molecule has 3 N–H and O–H groups in total. The molecular weight excluding hydrogens is 534 g/mol. The highest BCUT2D eigenvalue weighted by atomic mass is 16.5. The van der Waals surface area contributed by atoms with Crippen LogP contribution in [-0.2, 0) is 17.8 Å². The molecule has 1 aliphatic rings. The zero-order valence-electron chi connectivity index (χ0n) is 24.8. The number of methoxy groups -OCH3 is 2. The van der Waals surface area contributed by atoms with Gasteiger partial charge in [-0.3, -0.25) is 9.59 Å². The van der Waals surface area contributed by atoms with Gasteiger partial charge in [0.2, 0.25) is 5.91 Å². The first-order chi connectivity index (χ1) is 20.2. The van der Waals surface area contributed by atoms with Gasteiger partial charge in [0.1, 0.15) is 17.2 Å². The lowest BCUT2D eigenvalue weighted by molar-refractivity contribution is -0.117. The Morgan fingerprint density at radius 3 is 2.29 bits per heavy atom. The summed E-state index contributed by atoms with van der Waals surface area (Å²) >= 11 is 0. The summed E-state index contributed by atoms with van der Waals surface area (Å²) in [6, 6.07) is 19.9. The lowest BCUT2D eigenvalue weighted by Gasteiger charge is -2.26. The second-order valence-electron chi connectivity index (χ2n) is 10.7. The van der Waals surface area contributed by atoms with Crippen molar-refractivity contribution >= 4 is 17.5 Å². The fraction of sp³-hybridized carbons (Fsp3) is 0.394. The smallest absolute Gasteiger partial charge is 0.251 e. The topological polar surface area (TPSA) is 109 Å². The second kappa shape index (κ2) is 14.7. The third-order valence-electron chi connectivity index (χ3n) is 7.08. The lowest BCUT2D eigenvalue weighted by atomic mass is 10.00. The first-order valence-corrected chi connectivity index (χ1v) is 14.3. The van der Waals surface area contributed by atoms with Crippen molar-refractivity contribution in [1.29, 1.82) is 0 Å². The Balaban J connectivity index is 1.51. The fourth-order valence-corrected chi connectivity index (χ4v) is 5.01. The summed E-state index contributed by atoms with van der Waals surface area (Å²) < 4.78 is 16.6. The molecule has 0 spiro atoms. The highest BCUT2D eigenvalue weighted by Gasteiger charge is 2.26. The summed E-state index contributed by atoms with van der Waals surface area (Å²) in [5.41, 5.74) is 2.92. The fourth-order valence-electron chi connectivity index (χ4n) is 5.01. The number of carbonyl (C=O) groups excluding carboxylic acids is 2. The van der Waals surface area contributed by atoms with Gasteiger partial charge in [-0.1, -0.05) is 30.3 Å². The Morgan fingerprint density at radius 2 is 1.67 bits per heavy atom. The molecule has 0 bridgehead atoms. The Bertz CT molecular complexity index is 1320. The van der Waals surface area contributed by atoms with Crippen molar-refractivity contribution in [2.45, 2.75) is 57.9 Å². The summed E-state index contributed by atoms with van der Waals surface area (Å²) in [6.45, 7) is 5.13.